The third-order valence-corrected chi connectivity index (χ3v) is 4.38. The number of likely N-dealkylation sites (N-methyl/N-ethyl adjacent to an activating group) is 1. The molecule has 0 spiro atoms. The van der Waals surface area contributed by atoms with Crippen molar-refractivity contribution in [3.63, 3.8) is 0 Å². The van der Waals surface area contributed by atoms with Crippen LogP contribution in [0.1, 0.15) is 36.7 Å². The van der Waals surface area contributed by atoms with Crippen molar-refractivity contribution < 1.29 is 33.7 Å². The molecule has 0 fully saturated rings. The van der Waals surface area contributed by atoms with Gasteiger partial charge in [0.15, 0.2) is 11.5 Å². The standard InChI is InChI=1S/C21H27N3O5.C2H4O2/c1-21(2,20(26)23-3)24-19(25)13-9-10-17(28-5)18(11-13)29-16-8-6-7-15(27-4)14(16)12-22;1-2(3)4/h6-11H,12,22H2,1-5H3,(H,23,26)(H,24,25);1H3,(H,3,4). The van der Waals surface area contributed by atoms with Gasteiger partial charge >= 0.3 is 0 Å². The average Bonchev–Trinajstić information content (AvgIpc) is 2.77. The lowest BCUT2D eigenvalue weighted by molar-refractivity contribution is -0.134. The quantitative estimate of drug-likeness (QED) is 0.468. The number of aliphatic carboxylic acids is 1. The highest BCUT2D eigenvalue weighted by Crippen LogP contribution is 2.36. The topological polar surface area (TPSA) is 149 Å². The Bertz CT molecular complexity index is 986. The number of rotatable bonds is 8. The van der Waals surface area contributed by atoms with Crippen LogP contribution in [0, 0.1) is 0 Å². The molecule has 33 heavy (non-hydrogen) atoms. The van der Waals surface area contributed by atoms with Crippen molar-refractivity contribution in [2.45, 2.75) is 32.9 Å². The zero-order valence-electron chi connectivity index (χ0n) is 19.6. The normalized spacial score (nSPS) is 10.3. The Balaban J connectivity index is 0.00000125. The maximum atomic E-state index is 12.7. The van der Waals surface area contributed by atoms with Gasteiger partial charge in [0.2, 0.25) is 5.91 Å². The van der Waals surface area contributed by atoms with Crippen molar-refractivity contribution in [1.29, 1.82) is 0 Å². The second-order valence-electron chi connectivity index (χ2n) is 7.29. The average molecular weight is 462 g/mol. The summed E-state index contributed by atoms with van der Waals surface area (Å²) in [7, 11) is 4.57. The van der Waals surface area contributed by atoms with Crippen molar-refractivity contribution in [3.05, 3.63) is 47.5 Å². The minimum absolute atomic E-state index is 0.210. The summed E-state index contributed by atoms with van der Waals surface area (Å²) in [4.78, 5) is 33.6. The van der Waals surface area contributed by atoms with Gasteiger partial charge in [0.1, 0.15) is 17.0 Å². The lowest BCUT2D eigenvalue weighted by Crippen LogP contribution is -2.53. The number of carbonyl (C=O) groups is 3. The molecule has 0 aliphatic rings. The van der Waals surface area contributed by atoms with Crippen molar-refractivity contribution in [2.75, 3.05) is 21.3 Å². The van der Waals surface area contributed by atoms with Gasteiger partial charge in [-0.3, -0.25) is 14.4 Å². The number of benzene rings is 2. The van der Waals surface area contributed by atoms with Gasteiger partial charge in [-0.25, -0.2) is 0 Å². The van der Waals surface area contributed by atoms with Gasteiger partial charge < -0.3 is 35.7 Å². The summed E-state index contributed by atoms with van der Waals surface area (Å²) >= 11 is 0. The SMILES string of the molecule is CC(=O)O.CNC(=O)C(C)(C)NC(=O)c1ccc(OC)c(Oc2cccc(OC)c2CN)c1. The first-order valence-corrected chi connectivity index (χ1v) is 9.96. The van der Waals surface area contributed by atoms with E-state index in [9.17, 15) is 9.59 Å². The molecular weight excluding hydrogens is 430 g/mol. The van der Waals surface area contributed by atoms with Gasteiger partial charge in [-0.15, -0.1) is 0 Å². The number of nitrogens with two attached hydrogens (primary N) is 1. The maximum absolute atomic E-state index is 12.7. The number of hydrogen-bond donors (Lipinski definition) is 4. The molecule has 0 aromatic heterocycles. The number of carboxylic acid groups (broad SMARTS) is 1. The molecule has 0 bridgehead atoms. The summed E-state index contributed by atoms with van der Waals surface area (Å²) < 4.78 is 16.7. The molecule has 0 aliphatic carbocycles. The highest BCUT2D eigenvalue weighted by atomic mass is 16.5. The number of nitrogens with one attached hydrogen (secondary N) is 2. The minimum atomic E-state index is -1.08. The molecule has 2 aromatic carbocycles. The highest BCUT2D eigenvalue weighted by molar-refractivity contribution is 5.99. The monoisotopic (exact) mass is 461 g/mol. The van der Waals surface area contributed by atoms with Crippen molar-refractivity contribution in [2.24, 2.45) is 5.73 Å². The van der Waals surface area contributed by atoms with E-state index < -0.39 is 17.4 Å². The zero-order chi connectivity index (χ0) is 25.2. The molecule has 2 amide bonds. The van der Waals surface area contributed by atoms with Crippen LogP contribution in [-0.2, 0) is 16.1 Å². The first kappa shape index (κ1) is 27.2. The van der Waals surface area contributed by atoms with E-state index >= 15 is 0 Å². The van der Waals surface area contributed by atoms with Crippen LogP contribution in [0.2, 0.25) is 0 Å². The van der Waals surface area contributed by atoms with E-state index in [-0.39, 0.29) is 12.5 Å². The summed E-state index contributed by atoms with van der Waals surface area (Å²) in [5, 5.41) is 12.6. The van der Waals surface area contributed by atoms with E-state index in [1.165, 1.54) is 14.2 Å². The predicted molar refractivity (Wildman–Crippen MR) is 123 cm³/mol. The fourth-order valence-electron chi connectivity index (χ4n) is 2.77. The lowest BCUT2D eigenvalue weighted by Gasteiger charge is -2.24. The Labute approximate surface area is 193 Å². The van der Waals surface area contributed by atoms with E-state index in [0.29, 0.717) is 34.1 Å². The Hall–Kier alpha value is -3.79. The molecule has 10 nitrogen and oxygen atoms in total. The van der Waals surface area contributed by atoms with Crippen LogP contribution in [0.4, 0.5) is 0 Å². The molecule has 0 aliphatic heterocycles. The second-order valence-corrected chi connectivity index (χ2v) is 7.29. The number of amides is 2. The Morgan fingerprint density at radius 3 is 2.09 bits per heavy atom. The maximum Gasteiger partial charge on any atom is 0.300 e. The third kappa shape index (κ3) is 7.69. The van der Waals surface area contributed by atoms with Crippen molar-refractivity contribution in [3.8, 4) is 23.0 Å². The summed E-state index contributed by atoms with van der Waals surface area (Å²) in [6.45, 7) is 4.53. The number of methoxy groups -OCH3 is 2. The predicted octanol–water partition coefficient (Wildman–Crippen LogP) is 2.30. The highest BCUT2D eigenvalue weighted by Gasteiger charge is 2.29. The molecule has 0 heterocycles. The van der Waals surface area contributed by atoms with Crippen LogP contribution in [0.15, 0.2) is 36.4 Å². The number of carboxylic acids is 1. The van der Waals surface area contributed by atoms with E-state index in [2.05, 4.69) is 10.6 Å². The van der Waals surface area contributed by atoms with E-state index in [1.54, 1.807) is 57.4 Å². The van der Waals surface area contributed by atoms with Gasteiger partial charge in [0.05, 0.1) is 19.8 Å². The third-order valence-electron chi connectivity index (χ3n) is 4.38. The molecular formula is C23H31N3O7. The second kappa shape index (κ2) is 12.3. The first-order chi connectivity index (χ1) is 15.5. The number of hydrogen-bond acceptors (Lipinski definition) is 7. The van der Waals surface area contributed by atoms with Gasteiger partial charge in [0.25, 0.3) is 11.9 Å². The molecule has 0 saturated heterocycles. The van der Waals surface area contributed by atoms with Gasteiger partial charge in [-0.05, 0) is 44.2 Å². The van der Waals surface area contributed by atoms with Crippen LogP contribution in [0.5, 0.6) is 23.0 Å². The van der Waals surface area contributed by atoms with Crippen molar-refractivity contribution in [1.82, 2.24) is 10.6 Å². The summed E-state index contributed by atoms with van der Waals surface area (Å²) in [5.41, 5.74) is 5.77. The summed E-state index contributed by atoms with van der Waals surface area (Å²) in [6.07, 6.45) is 0. The Kier molecular flexibility index (Phi) is 10.2. The minimum Gasteiger partial charge on any atom is -0.496 e. The van der Waals surface area contributed by atoms with Gasteiger partial charge in [0, 0.05) is 26.1 Å². The Morgan fingerprint density at radius 2 is 1.58 bits per heavy atom. The van der Waals surface area contributed by atoms with Crippen LogP contribution >= 0.6 is 0 Å². The first-order valence-electron chi connectivity index (χ1n) is 9.96. The molecule has 0 saturated carbocycles. The van der Waals surface area contributed by atoms with Crippen LogP contribution in [0.25, 0.3) is 0 Å². The Morgan fingerprint density at radius 1 is 1.00 bits per heavy atom. The van der Waals surface area contributed by atoms with E-state index in [1.807, 2.05) is 0 Å². The molecule has 5 N–H and O–H groups in total. The molecule has 0 radical (unpaired) electrons. The molecule has 180 valence electrons. The molecule has 0 unspecified atom stereocenters. The summed E-state index contributed by atoms with van der Waals surface area (Å²) in [5.74, 6) is 0.313. The van der Waals surface area contributed by atoms with Gasteiger partial charge in [-0.1, -0.05) is 6.07 Å². The smallest absolute Gasteiger partial charge is 0.300 e. The zero-order valence-corrected chi connectivity index (χ0v) is 19.6. The molecule has 2 rings (SSSR count). The van der Waals surface area contributed by atoms with E-state index in [0.717, 1.165) is 6.92 Å². The fraction of sp³-hybridized carbons (Fsp3) is 0.348. The molecule has 0 atom stereocenters. The van der Waals surface area contributed by atoms with E-state index in [4.69, 9.17) is 29.8 Å². The van der Waals surface area contributed by atoms with Crippen LogP contribution < -0.4 is 30.6 Å². The number of ether oxygens (including phenoxy) is 3. The largest absolute Gasteiger partial charge is 0.496 e. The fourth-order valence-corrected chi connectivity index (χ4v) is 2.77. The van der Waals surface area contributed by atoms with Crippen LogP contribution in [0.3, 0.4) is 0 Å². The molecule has 2 aromatic rings. The van der Waals surface area contributed by atoms with Crippen LogP contribution in [-0.4, -0.2) is 49.7 Å². The number of carbonyl (C=O) groups excluding carboxylic acids is 2. The molecule has 10 heteroatoms. The van der Waals surface area contributed by atoms with Crippen molar-refractivity contribution >= 4 is 17.8 Å². The van der Waals surface area contributed by atoms with Gasteiger partial charge in [-0.2, -0.15) is 0 Å². The lowest BCUT2D eigenvalue weighted by atomic mass is 10.0. The summed E-state index contributed by atoms with van der Waals surface area (Å²) in [6, 6.07) is 10.1.